The largest absolute Gasteiger partial charge is 0.457 e. The van der Waals surface area contributed by atoms with Crippen molar-refractivity contribution in [3.8, 4) is 11.5 Å². The fourth-order valence-electron chi connectivity index (χ4n) is 5.98. The van der Waals surface area contributed by atoms with Gasteiger partial charge in [-0.05, 0) is 54.8 Å². The number of piperazine rings is 1. The van der Waals surface area contributed by atoms with Gasteiger partial charge in [0.05, 0.1) is 31.8 Å². The van der Waals surface area contributed by atoms with Crippen molar-refractivity contribution in [2.24, 2.45) is 0 Å². The van der Waals surface area contributed by atoms with Gasteiger partial charge in [0.15, 0.2) is 0 Å². The van der Waals surface area contributed by atoms with Gasteiger partial charge in [-0.25, -0.2) is 9.97 Å². The highest BCUT2D eigenvalue weighted by Gasteiger charge is 2.34. The maximum Gasteiger partial charge on any atom is 0.254 e. The topological polar surface area (TPSA) is 120 Å². The summed E-state index contributed by atoms with van der Waals surface area (Å²) in [5, 5.41) is 3.08. The quantitative estimate of drug-likeness (QED) is 0.474. The summed E-state index contributed by atoms with van der Waals surface area (Å²) in [4.78, 5) is 56.1. The molecule has 3 aromatic rings. The van der Waals surface area contributed by atoms with E-state index in [9.17, 15) is 14.4 Å². The number of carbonyl (C=O) groups is 3. The third-order valence-electron chi connectivity index (χ3n) is 8.57. The highest BCUT2D eigenvalue weighted by molar-refractivity contribution is 5.96. The smallest absolute Gasteiger partial charge is 0.254 e. The molecule has 0 spiro atoms. The SMILES string of the molecule is Cc1ccc2cc1Oc1cccc(c1)CO[C@@H]1CCN(C(=O)CN3CCN(c4ncccn4)CC3)C[C@@H]1NC(=O)CN(C)C2=O. The van der Waals surface area contributed by atoms with Gasteiger partial charge in [0.2, 0.25) is 17.8 Å². The lowest BCUT2D eigenvalue weighted by atomic mass is 10.0. The molecule has 0 aliphatic carbocycles. The molecular formula is C33H39N7O5. The van der Waals surface area contributed by atoms with Gasteiger partial charge in [0.1, 0.15) is 11.5 Å². The number of nitrogens with zero attached hydrogens (tertiary/aromatic N) is 6. The molecule has 1 aromatic heterocycles. The van der Waals surface area contributed by atoms with Gasteiger partial charge in [0, 0.05) is 64.3 Å². The number of benzene rings is 2. The third kappa shape index (κ3) is 7.40. The molecule has 0 saturated carbocycles. The minimum Gasteiger partial charge on any atom is -0.457 e. The van der Waals surface area contributed by atoms with Crippen molar-refractivity contribution >= 4 is 23.7 Å². The van der Waals surface area contributed by atoms with Crippen LogP contribution >= 0.6 is 0 Å². The monoisotopic (exact) mass is 613 g/mol. The molecule has 6 rings (SSSR count). The zero-order valence-electron chi connectivity index (χ0n) is 25.7. The summed E-state index contributed by atoms with van der Waals surface area (Å²) in [6, 6.07) is 14.3. The van der Waals surface area contributed by atoms with Gasteiger partial charge >= 0.3 is 0 Å². The Hall–Kier alpha value is -4.55. The van der Waals surface area contributed by atoms with Gasteiger partial charge in [-0.1, -0.05) is 18.2 Å². The van der Waals surface area contributed by atoms with Crippen LogP contribution in [-0.4, -0.2) is 114 Å². The standard InChI is InChI=1S/C33H39N7O5/c1-23-7-8-25-18-29(23)45-26-6-3-5-24(17-26)22-44-28-9-12-40(19-27(28)36-30(41)20-37(2)32(25)43)31(42)21-38-13-15-39(16-14-38)33-34-10-4-11-35-33/h3-8,10-11,17-18,27-28H,9,12-16,19-22H2,1-2H3,(H,36,41)/t27-,28+/m0/s1. The molecule has 2 saturated heterocycles. The van der Waals surface area contributed by atoms with Crippen molar-refractivity contribution in [1.29, 1.82) is 0 Å². The van der Waals surface area contributed by atoms with Crippen LogP contribution in [-0.2, 0) is 20.9 Å². The van der Waals surface area contributed by atoms with Gasteiger partial charge < -0.3 is 29.5 Å². The van der Waals surface area contributed by atoms with E-state index in [0.29, 0.717) is 55.7 Å². The Morgan fingerprint density at radius 3 is 2.60 bits per heavy atom. The molecule has 0 unspecified atom stereocenters. The van der Waals surface area contributed by atoms with E-state index in [2.05, 4.69) is 25.1 Å². The van der Waals surface area contributed by atoms with Crippen LogP contribution in [0.25, 0.3) is 0 Å². The fraction of sp³-hybridized carbons (Fsp3) is 0.424. The average Bonchev–Trinajstić information content (AvgIpc) is 3.05. The van der Waals surface area contributed by atoms with E-state index in [1.54, 1.807) is 37.6 Å². The number of rotatable bonds is 3. The number of hydrogen-bond donors (Lipinski definition) is 1. The number of fused-ring (bicyclic) bond motifs is 5. The minimum atomic E-state index is -0.427. The first kappa shape index (κ1) is 30.5. The summed E-state index contributed by atoms with van der Waals surface area (Å²) < 4.78 is 12.5. The highest BCUT2D eigenvalue weighted by atomic mass is 16.5. The van der Waals surface area contributed by atoms with Gasteiger partial charge in [-0.3, -0.25) is 19.3 Å². The molecule has 3 amide bonds. The van der Waals surface area contributed by atoms with Crippen LogP contribution in [0.3, 0.4) is 0 Å². The van der Waals surface area contributed by atoms with Crippen LogP contribution in [0.15, 0.2) is 60.9 Å². The Morgan fingerprint density at radius 2 is 1.80 bits per heavy atom. The molecular weight excluding hydrogens is 574 g/mol. The molecule has 2 aromatic carbocycles. The zero-order valence-corrected chi connectivity index (χ0v) is 25.7. The van der Waals surface area contributed by atoms with Crippen molar-refractivity contribution in [3.05, 3.63) is 77.6 Å². The Labute approximate surface area is 262 Å². The third-order valence-corrected chi connectivity index (χ3v) is 8.57. The first-order valence-electron chi connectivity index (χ1n) is 15.4. The number of aromatic nitrogens is 2. The maximum atomic E-state index is 13.5. The molecule has 2 fully saturated rings. The Morgan fingerprint density at radius 1 is 1.00 bits per heavy atom. The summed E-state index contributed by atoms with van der Waals surface area (Å²) in [6.45, 7) is 6.23. The molecule has 3 aliphatic rings. The summed E-state index contributed by atoms with van der Waals surface area (Å²) in [5.74, 6) is 1.35. The highest BCUT2D eigenvalue weighted by Crippen LogP contribution is 2.28. The van der Waals surface area contributed by atoms with E-state index in [1.807, 2.05) is 42.2 Å². The van der Waals surface area contributed by atoms with E-state index in [1.165, 1.54) is 4.90 Å². The molecule has 1 N–H and O–H groups in total. The molecule has 4 bridgehead atoms. The van der Waals surface area contributed by atoms with Crippen LogP contribution in [0.1, 0.15) is 27.9 Å². The van der Waals surface area contributed by atoms with E-state index < -0.39 is 6.04 Å². The van der Waals surface area contributed by atoms with Crippen molar-refractivity contribution < 1.29 is 23.9 Å². The normalized spacial score (nSPS) is 21.5. The van der Waals surface area contributed by atoms with Gasteiger partial charge in [-0.2, -0.15) is 0 Å². The molecule has 2 atom stereocenters. The predicted octanol–water partition coefficient (Wildman–Crippen LogP) is 2.09. The van der Waals surface area contributed by atoms with Crippen LogP contribution in [0.2, 0.25) is 0 Å². The number of piperidine rings is 1. The lowest BCUT2D eigenvalue weighted by Crippen LogP contribution is -2.59. The number of likely N-dealkylation sites (tertiary alicyclic amines) is 1. The van der Waals surface area contributed by atoms with Crippen LogP contribution < -0.4 is 15.0 Å². The summed E-state index contributed by atoms with van der Waals surface area (Å²) in [7, 11) is 1.60. The van der Waals surface area contributed by atoms with Crippen molar-refractivity contribution in [2.45, 2.75) is 32.1 Å². The first-order valence-corrected chi connectivity index (χ1v) is 15.4. The van der Waals surface area contributed by atoms with E-state index >= 15 is 0 Å². The van der Waals surface area contributed by atoms with E-state index in [-0.39, 0.29) is 30.4 Å². The molecule has 4 heterocycles. The summed E-state index contributed by atoms with van der Waals surface area (Å²) in [6.07, 6.45) is 3.74. The maximum absolute atomic E-state index is 13.5. The Bertz CT molecular complexity index is 1530. The molecule has 3 aliphatic heterocycles. The minimum absolute atomic E-state index is 0.0200. The number of nitrogens with one attached hydrogen (secondary N) is 1. The number of amides is 3. The van der Waals surface area contributed by atoms with Crippen LogP contribution in [0.4, 0.5) is 5.95 Å². The molecule has 0 radical (unpaired) electrons. The molecule has 12 nitrogen and oxygen atoms in total. The van der Waals surface area contributed by atoms with Gasteiger partial charge in [-0.15, -0.1) is 0 Å². The summed E-state index contributed by atoms with van der Waals surface area (Å²) in [5.41, 5.74) is 2.25. The van der Waals surface area contributed by atoms with Crippen molar-refractivity contribution in [2.75, 3.05) is 64.3 Å². The zero-order chi connectivity index (χ0) is 31.3. The van der Waals surface area contributed by atoms with Crippen LogP contribution in [0.5, 0.6) is 11.5 Å². The second-order valence-electron chi connectivity index (χ2n) is 11.9. The first-order chi connectivity index (χ1) is 21.8. The molecule has 12 heteroatoms. The van der Waals surface area contributed by atoms with Crippen LogP contribution in [0, 0.1) is 6.92 Å². The number of likely N-dealkylation sites (N-methyl/N-ethyl adjacent to an activating group) is 1. The fourth-order valence-corrected chi connectivity index (χ4v) is 5.98. The van der Waals surface area contributed by atoms with E-state index in [4.69, 9.17) is 9.47 Å². The number of carbonyl (C=O) groups excluding carboxylic acids is 3. The second-order valence-corrected chi connectivity index (χ2v) is 11.9. The second kappa shape index (κ2) is 13.6. The predicted molar refractivity (Wildman–Crippen MR) is 167 cm³/mol. The van der Waals surface area contributed by atoms with Crippen molar-refractivity contribution in [3.63, 3.8) is 0 Å². The Kier molecular flexibility index (Phi) is 9.22. The number of anilines is 1. The number of aryl methyl sites for hydroxylation is 1. The average molecular weight is 614 g/mol. The number of ether oxygens (including phenoxy) is 2. The summed E-state index contributed by atoms with van der Waals surface area (Å²) >= 11 is 0. The molecule has 45 heavy (non-hydrogen) atoms. The van der Waals surface area contributed by atoms with Crippen molar-refractivity contribution in [1.82, 2.24) is 30.0 Å². The number of hydrogen-bond acceptors (Lipinski definition) is 9. The lowest BCUT2D eigenvalue weighted by molar-refractivity contribution is -0.138. The lowest BCUT2D eigenvalue weighted by Gasteiger charge is -2.40. The van der Waals surface area contributed by atoms with E-state index in [0.717, 1.165) is 37.3 Å². The molecule has 236 valence electrons. The van der Waals surface area contributed by atoms with Gasteiger partial charge in [0.25, 0.3) is 5.91 Å². The Balaban J connectivity index is 1.13.